The molecular weight excluding hydrogens is 320 g/mol. The molecule has 4 nitrogen and oxygen atoms in total. The molecule has 2 amide bonds. The molecule has 3 rings (SSSR count). The van der Waals surface area contributed by atoms with Gasteiger partial charge in [-0.3, -0.25) is 9.59 Å². The summed E-state index contributed by atoms with van der Waals surface area (Å²) in [5, 5.41) is 4.24. The Bertz CT molecular complexity index is 697. The molecule has 0 aliphatic carbocycles. The summed E-state index contributed by atoms with van der Waals surface area (Å²) >= 11 is 1.53. The lowest BCUT2D eigenvalue weighted by Gasteiger charge is -2.32. The van der Waals surface area contributed by atoms with Gasteiger partial charge in [0.1, 0.15) is 0 Å². The summed E-state index contributed by atoms with van der Waals surface area (Å²) in [4.78, 5) is 27.3. The van der Waals surface area contributed by atoms with E-state index in [-0.39, 0.29) is 17.9 Å². The fourth-order valence-electron chi connectivity index (χ4n) is 3.10. The maximum atomic E-state index is 12.5. The molecule has 0 radical (unpaired) electrons. The van der Waals surface area contributed by atoms with Gasteiger partial charge in [0.05, 0.1) is 4.88 Å². The van der Waals surface area contributed by atoms with Crippen LogP contribution in [0, 0.1) is 5.92 Å². The highest BCUT2D eigenvalue weighted by atomic mass is 32.1. The van der Waals surface area contributed by atoms with Crippen LogP contribution in [0.1, 0.15) is 42.8 Å². The first-order chi connectivity index (χ1) is 11.5. The van der Waals surface area contributed by atoms with Gasteiger partial charge in [-0.1, -0.05) is 32.0 Å². The van der Waals surface area contributed by atoms with Crippen LogP contribution in [0.4, 0.5) is 0 Å². The van der Waals surface area contributed by atoms with Crippen molar-refractivity contribution in [2.75, 3.05) is 13.1 Å². The molecule has 1 N–H and O–H groups in total. The van der Waals surface area contributed by atoms with E-state index in [2.05, 4.69) is 19.2 Å². The van der Waals surface area contributed by atoms with Crippen molar-refractivity contribution >= 4 is 33.2 Å². The molecular formula is C19H24N2O2S. The standard InChI is InChI=1S/C19H24N2O2S/c1-13(2)11-18(22)21-9-7-15(8-10-21)20-19(23)17-12-14-5-3-4-6-16(14)24-17/h3-6,12-13,15H,7-11H2,1-2H3,(H,20,23). The topological polar surface area (TPSA) is 49.4 Å². The van der Waals surface area contributed by atoms with Gasteiger partial charge in [-0.05, 0) is 36.3 Å². The van der Waals surface area contributed by atoms with Crippen LogP contribution < -0.4 is 5.32 Å². The first-order valence-corrected chi connectivity index (χ1v) is 9.42. The molecule has 2 heterocycles. The molecule has 1 fully saturated rings. The quantitative estimate of drug-likeness (QED) is 0.920. The van der Waals surface area contributed by atoms with Crippen molar-refractivity contribution in [3.63, 3.8) is 0 Å². The van der Waals surface area contributed by atoms with Crippen molar-refractivity contribution in [3.8, 4) is 0 Å². The second-order valence-corrected chi connectivity index (χ2v) is 7.96. The number of carbonyl (C=O) groups is 2. The number of hydrogen-bond donors (Lipinski definition) is 1. The average Bonchev–Trinajstić information content (AvgIpc) is 2.99. The SMILES string of the molecule is CC(C)CC(=O)N1CCC(NC(=O)c2cc3ccccc3s2)CC1. The Hall–Kier alpha value is -1.88. The van der Waals surface area contributed by atoms with Gasteiger partial charge in [-0.2, -0.15) is 0 Å². The second kappa shape index (κ2) is 7.34. The van der Waals surface area contributed by atoms with E-state index >= 15 is 0 Å². The van der Waals surface area contributed by atoms with Crippen LogP contribution in [0.25, 0.3) is 10.1 Å². The first kappa shape index (κ1) is 17.0. The highest BCUT2D eigenvalue weighted by molar-refractivity contribution is 7.20. The number of likely N-dealkylation sites (tertiary alicyclic amines) is 1. The number of nitrogens with one attached hydrogen (secondary N) is 1. The number of rotatable bonds is 4. The molecule has 0 bridgehead atoms. The Kier molecular flexibility index (Phi) is 5.19. The monoisotopic (exact) mass is 344 g/mol. The lowest BCUT2D eigenvalue weighted by Crippen LogP contribution is -2.46. The average molecular weight is 344 g/mol. The summed E-state index contributed by atoms with van der Waals surface area (Å²) in [5.74, 6) is 0.630. The number of hydrogen-bond acceptors (Lipinski definition) is 3. The van der Waals surface area contributed by atoms with E-state index in [1.807, 2.05) is 35.2 Å². The fourth-order valence-corrected chi connectivity index (χ4v) is 4.07. The molecule has 1 aromatic carbocycles. The van der Waals surface area contributed by atoms with Crippen LogP contribution in [0.5, 0.6) is 0 Å². The van der Waals surface area contributed by atoms with Crippen LogP contribution in [0.15, 0.2) is 30.3 Å². The third-order valence-electron chi connectivity index (χ3n) is 4.42. The molecule has 24 heavy (non-hydrogen) atoms. The highest BCUT2D eigenvalue weighted by Crippen LogP contribution is 2.25. The number of thiophene rings is 1. The Morgan fingerprint density at radius 2 is 1.96 bits per heavy atom. The summed E-state index contributed by atoms with van der Waals surface area (Å²) in [7, 11) is 0. The minimum Gasteiger partial charge on any atom is -0.348 e. The molecule has 1 aromatic heterocycles. The van der Waals surface area contributed by atoms with Gasteiger partial charge in [0, 0.05) is 30.3 Å². The van der Waals surface area contributed by atoms with E-state index in [9.17, 15) is 9.59 Å². The molecule has 0 atom stereocenters. The first-order valence-electron chi connectivity index (χ1n) is 8.60. The summed E-state index contributed by atoms with van der Waals surface area (Å²) in [5.41, 5.74) is 0. The van der Waals surface area contributed by atoms with Crippen molar-refractivity contribution in [1.82, 2.24) is 10.2 Å². The zero-order valence-electron chi connectivity index (χ0n) is 14.2. The lowest BCUT2D eigenvalue weighted by molar-refractivity contribution is -0.133. The van der Waals surface area contributed by atoms with Crippen molar-refractivity contribution in [1.29, 1.82) is 0 Å². The van der Waals surface area contributed by atoms with E-state index < -0.39 is 0 Å². The van der Waals surface area contributed by atoms with Gasteiger partial charge in [-0.15, -0.1) is 11.3 Å². The van der Waals surface area contributed by atoms with Crippen LogP contribution in [-0.4, -0.2) is 35.8 Å². The van der Waals surface area contributed by atoms with Gasteiger partial charge < -0.3 is 10.2 Å². The largest absolute Gasteiger partial charge is 0.348 e. The van der Waals surface area contributed by atoms with Gasteiger partial charge in [0.2, 0.25) is 5.91 Å². The maximum Gasteiger partial charge on any atom is 0.261 e. The van der Waals surface area contributed by atoms with E-state index in [4.69, 9.17) is 0 Å². The lowest BCUT2D eigenvalue weighted by atomic mass is 10.0. The van der Waals surface area contributed by atoms with Crippen molar-refractivity contribution in [2.45, 2.75) is 39.2 Å². The highest BCUT2D eigenvalue weighted by Gasteiger charge is 2.24. The number of carbonyl (C=O) groups excluding carboxylic acids is 2. The van der Waals surface area contributed by atoms with Crippen LogP contribution in [-0.2, 0) is 4.79 Å². The molecule has 128 valence electrons. The Morgan fingerprint density at radius 1 is 1.25 bits per heavy atom. The molecule has 2 aromatic rings. The zero-order valence-corrected chi connectivity index (χ0v) is 15.1. The maximum absolute atomic E-state index is 12.5. The molecule has 1 saturated heterocycles. The third-order valence-corrected chi connectivity index (χ3v) is 5.53. The van der Waals surface area contributed by atoms with Crippen LogP contribution in [0.3, 0.4) is 0 Å². The Morgan fingerprint density at radius 3 is 2.62 bits per heavy atom. The predicted octanol–water partition coefficient (Wildman–Crippen LogP) is 3.67. The number of benzene rings is 1. The van der Waals surface area contributed by atoms with Crippen molar-refractivity contribution in [2.24, 2.45) is 5.92 Å². The van der Waals surface area contributed by atoms with Gasteiger partial charge in [0.25, 0.3) is 5.91 Å². The Labute approximate surface area is 146 Å². The summed E-state index contributed by atoms with van der Waals surface area (Å²) in [6, 6.07) is 10.2. The van der Waals surface area contributed by atoms with E-state index in [0.29, 0.717) is 12.3 Å². The van der Waals surface area contributed by atoms with Gasteiger partial charge >= 0.3 is 0 Å². The van der Waals surface area contributed by atoms with E-state index in [1.54, 1.807) is 0 Å². The second-order valence-electron chi connectivity index (χ2n) is 6.87. The molecule has 1 aliphatic rings. The van der Waals surface area contributed by atoms with E-state index in [0.717, 1.165) is 40.9 Å². The third kappa shape index (κ3) is 3.96. The molecule has 0 unspecified atom stereocenters. The van der Waals surface area contributed by atoms with Crippen LogP contribution in [0.2, 0.25) is 0 Å². The minimum absolute atomic E-state index is 0.00292. The predicted molar refractivity (Wildman–Crippen MR) is 98.3 cm³/mol. The van der Waals surface area contributed by atoms with Gasteiger partial charge in [-0.25, -0.2) is 0 Å². The fraction of sp³-hybridized carbons (Fsp3) is 0.474. The number of amides is 2. The number of piperidine rings is 1. The van der Waals surface area contributed by atoms with Crippen molar-refractivity contribution < 1.29 is 9.59 Å². The number of nitrogens with zero attached hydrogens (tertiary/aromatic N) is 1. The molecule has 0 spiro atoms. The molecule has 0 saturated carbocycles. The zero-order chi connectivity index (χ0) is 17.1. The number of fused-ring (bicyclic) bond motifs is 1. The molecule has 1 aliphatic heterocycles. The van der Waals surface area contributed by atoms with Crippen LogP contribution >= 0.6 is 11.3 Å². The minimum atomic E-state index is 0.00292. The summed E-state index contributed by atoms with van der Waals surface area (Å²) in [6.07, 6.45) is 2.28. The molecule has 5 heteroatoms. The van der Waals surface area contributed by atoms with Gasteiger partial charge in [0.15, 0.2) is 0 Å². The smallest absolute Gasteiger partial charge is 0.261 e. The Balaban J connectivity index is 1.54. The summed E-state index contributed by atoms with van der Waals surface area (Å²) < 4.78 is 1.14. The van der Waals surface area contributed by atoms with Crippen molar-refractivity contribution in [3.05, 3.63) is 35.2 Å². The normalized spacial score (nSPS) is 15.9. The van der Waals surface area contributed by atoms with E-state index in [1.165, 1.54) is 11.3 Å². The summed E-state index contributed by atoms with van der Waals surface area (Å²) in [6.45, 7) is 5.61.